The Morgan fingerprint density at radius 2 is 2.30 bits per heavy atom. The van der Waals surface area contributed by atoms with Crippen molar-refractivity contribution in [3.05, 3.63) is 24.4 Å². The van der Waals surface area contributed by atoms with Crippen molar-refractivity contribution < 1.29 is 17.9 Å². The highest BCUT2D eigenvalue weighted by Gasteiger charge is 2.55. The van der Waals surface area contributed by atoms with Crippen LogP contribution in [0.1, 0.15) is 13.3 Å². The molecule has 0 aromatic carbocycles. The molecule has 1 spiro atoms. The van der Waals surface area contributed by atoms with Crippen LogP contribution in [-0.2, 0) is 14.8 Å². The molecule has 0 bridgehead atoms. The highest BCUT2D eigenvalue weighted by Crippen LogP contribution is 2.42. The second kappa shape index (κ2) is 6.09. The summed E-state index contributed by atoms with van der Waals surface area (Å²) in [5.41, 5.74) is -0.684. The molecule has 2 atom stereocenters. The molecule has 8 heteroatoms. The normalized spacial score (nSPS) is 28.2. The Balaban J connectivity index is 1.73. The fraction of sp³-hybridized carbons (Fsp3) is 0.600. The van der Waals surface area contributed by atoms with Crippen molar-refractivity contribution >= 4 is 15.9 Å². The van der Waals surface area contributed by atoms with Crippen molar-refractivity contribution in [1.29, 1.82) is 0 Å². The lowest BCUT2D eigenvalue weighted by Gasteiger charge is -2.27. The number of ether oxygens (including phenoxy) is 1. The van der Waals surface area contributed by atoms with E-state index in [9.17, 15) is 13.2 Å². The van der Waals surface area contributed by atoms with Crippen LogP contribution in [-0.4, -0.2) is 55.6 Å². The van der Waals surface area contributed by atoms with Crippen LogP contribution in [0.25, 0.3) is 0 Å². The number of amides is 1. The monoisotopic (exact) mass is 339 g/mol. The van der Waals surface area contributed by atoms with Crippen LogP contribution in [0.2, 0.25) is 0 Å². The second-order valence-corrected chi connectivity index (χ2v) is 8.28. The van der Waals surface area contributed by atoms with Crippen molar-refractivity contribution in [2.24, 2.45) is 11.3 Å². The first kappa shape index (κ1) is 16.2. The van der Waals surface area contributed by atoms with E-state index in [-0.39, 0.29) is 24.1 Å². The van der Waals surface area contributed by atoms with Crippen LogP contribution in [0.5, 0.6) is 5.88 Å². The van der Waals surface area contributed by atoms with E-state index in [1.54, 1.807) is 25.3 Å². The number of pyridine rings is 1. The summed E-state index contributed by atoms with van der Waals surface area (Å²) in [6, 6.07) is 5.40. The number of rotatable bonds is 5. The average molecular weight is 339 g/mol. The number of hydrogen-bond donors (Lipinski definition) is 1. The van der Waals surface area contributed by atoms with Gasteiger partial charge in [-0.15, -0.1) is 0 Å². The number of nitrogens with one attached hydrogen (secondary N) is 1. The Morgan fingerprint density at radius 3 is 3.00 bits per heavy atom. The summed E-state index contributed by atoms with van der Waals surface area (Å²) in [7, 11) is -3.28. The van der Waals surface area contributed by atoms with Gasteiger partial charge in [0.2, 0.25) is 21.8 Å². The molecular formula is C15H21N3O4S. The zero-order chi connectivity index (χ0) is 16.5. The van der Waals surface area contributed by atoms with Gasteiger partial charge in [-0.3, -0.25) is 4.79 Å². The number of hydrogen-bond acceptors (Lipinski definition) is 5. The predicted molar refractivity (Wildman–Crippen MR) is 84.3 cm³/mol. The molecular weight excluding hydrogens is 318 g/mol. The molecule has 0 radical (unpaired) electrons. The van der Waals surface area contributed by atoms with Gasteiger partial charge >= 0.3 is 0 Å². The molecule has 1 aromatic heterocycles. The van der Waals surface area contributed by atoms with E-state index in [1.165, 1.54) is 4.31 Å². The molecule has 0 unspecified atom stereocenters. The van der Waals surface area contributed by atoms with Gasteiger partial charge in [0.05, 0.1) is 17.8 Å². The number of carbonyl (C=O) groups excluding carboxylic acids is 1. The summed E-state index contributed by atoms with van der Waals surface area (Å²) in [4.78, 5) is 16.5. The van der Waals surface area contributed by atoms with Crippen LogP contribution < -0.4 is 10.1 Å². The van der Waals surface area contributed by atoms with Crippen LogP contribution >= 0.6 is 0 Å². The maximum Gasteiger partial charge on any atom is 0.228 e. The topological polar surface area (TPSA) is 88.6 Å². The zero-order valence-electron chi connectivity index (χ0n) is 13.1. The Bertz CT molecular complexity index is 679. The zero-order valence-corrected chi connectivity index (χ0v) is 13.9. The van der Waals surface area contributed by atoms with Crippen LogP contribution in [0.15, 0.2) is 24.4 Å². The summed E-state index contributed by atoms with van der Waals surface area (Å²) in [6.45, 7) is 3.10. The fourth-order valence-electron chi connectivity index (χ4n) is 3.35. The molecule has 2 aliphatic rings. The molecule has 1 N–H and O–H groups in total. The smallest absolute Gasteiger partial charge is 0.228 e. The molecule has 2 saturated heterocycles. The van der Waals surface area contributed by atoms with E-state index in [4.69, 9.17) is 4.74 Å². The van der Waals surface area contributed by atoms with E-state index in [0.29, 0.717) is 32.0 Å². The Morgan fingerprint density at radius 1 is 1.48 bits per heavy atom. The molecule has 126 valence electrons. The van der Waals surface area contributed by atoms with Gasteiger partial charge in [0.15, 0.2) is 0 Å². The summed E-state index contributed by atoms with van der Waals surface area (Å²) < 4.78 is 31.3. The highest BCUT2D eigenvalue weighted by molar-refractivity contribution is 7.89. The molecule has 0 saturated carbocycles. The summed E-state index contributed by atoms with van der Waals surface area (Å²) in [5, 5.41) is 2.87. The molecule has 23 heavy (non-hydrogen) atoms. The number of aromatic nitrogens is 1. The second-order valence-electron chi connectivity index (χ2n) is 6.03. The van der Waals surface area contributed by atoms with Gasteiger partial charge in [0.1, 0.15) is 0 Å². The molecule has 2 aliphatic heterocycles. The third-order valence-corrected chi connectivity index (χ3v) is 6.66. The molecule has 0 aliphatic carbocycles. The summed E-state index contributed by atoms with van der Waals surface area (Å²) >= 11 is 0. The van der Waals surface area contributed by atoms with Gasteiger partial charge in [0.25, 0.3) is 0 Å². The molecule has 1 aromatic rings. The van der Waals surface area contributed by atoms with Crippen molar-refractivity contribution in [3.63, 3.8) is 0 Å². The van der Waals surface area contributed by atoms with Crippen molar-refractivity contribution in [3.8, 4) is 5.88 Å². The summed E-state index contributed by atoms with van der Waals surface area (Å²) in [5.74, 6) is 0.438. The first-order valence-electron chi connectivity index (χ1n) is 7.78. The van der Waals surface area contributed by atoms with Crippen LogP contribution in [0, 0.1) is 11.3 Å². The van der Waals surface area contributed by atoms with Crippen LogP contribution in [0.4, 0.5) is 0 Å². The molecule has 3 heterocycles. The predicted octanol–water partition coefficient (Wildman–Crippen LogP) is 0.248. The van der Waals surface area contributed by atoms with E-state index in [0.717, 1.165) is 0 Å². The third-order valence-electron chi connectivity index (χ3n) is 4.84. The maximum atomic E-state index is 12.4. The van der Waals surface area contributed by atoms with Gasteiger partial charge < -0.3 is 10.1 Å². The van der Waals surface area contributed by atoms with Crippen molar-refractivity contribution in [2.45, 2.75) is 13.3 Å². The first-order valence-corrected chi connectivity index (χ1v) is 9.39. The highest BCUT2D eigenvalue weighted by atomic mass is 32.2. The SMILES string of the molecule is CCS(=O)(=O)N1CC[C@]2(C1)C(=O)NC[C@H]2COc1ccccn1. The lowest BCUT2D eigenvalue weighted by atomic mass is 9.77. The minimum absolute atomic E-state index is 0.0554. The largest absolute Gasteiger partial charge is 0.477 e. The average Bonchev–Trinajstić information content (AvgIpc) is 3.14. The number of nitrogens with zero attached hydrogens (tertiary/aromatic N) is 2. The Kier molecular flexibility index (Phi) is 4.29. The molecule has 2 fully saturated rings. The van der Waals surface area contributed by atoms with Crippen LogP contribution in [0.3, 0.4) is 0 Å². The minimum Gasteiger partial charge on any atom is -0.477 e. The lowest BCUT2D eigenvalue weighted by molar-refractivity contribution is -0.128. The van der Waals surface area contributed by atoms with E-state index >= 15 is 0 Å². The third kappa shape index (κ3) is 2.92. The molecule has 1 amide bonds. The van der Waals surface area contributed by atoms with E-state index < -0.39 is 15.4 Å². The Labute approximate surface area is 136 Å². The van der Waals surface area contributed by atoms with Gasteiger partial charge in [-0.1, -0.05) is 6.07 Å². The van der Waals surface area contributed by atoms with E-state index in [2.05, 4.69) is 10.3 Å². The van der Waals surface area contributed by atoms with Crippen molar-refractivity contribution in [1.82, 2.24) is 14.6 Å². The number of carbonyl (C=O) groups is 1. The quantitative estimate of drug-likeness (QED) is 0.831. The van der Waals surface area contributed by atoms with Crippen molar-refractivity contribution in [2.75, 3.05) is 32.0 Å². The fourth-order valence-corrected chi connectivity index (χ4v) is 4.51. The first-order chi connectivity index (χ1) is 11.0. The Hall–Kier alpha value is -1.67. The maximum absolute atomic E-state index is 12.4. The standard InChI is InChI=1S/C15H21N3O4S/c1-2-23(20,21)18-8-6-15(11-18)12(9-17-14(15)19)10-22-13-5-3-4-7-16-13/h3-5,7,12H,2,6,8-11H2,1H3,(H,17,19)/t12-,15+/m0/s1. The van der Waals surface area contributed by atoms with Gasteiger partial charge in [-0.05, 0) is 19.4 Å². The van der Waals surface area contributed by atoms with Gasteiger partial charge in [0, 0.05) is 37.8 Å². The van der Waals surface area contributed by atoms with E-state index in [1.807, 2.05) is 6.07 Å². The summed E-state index contributed by atoms with van der Waals surface area (Å²) in [6.07, 6.45) is 2.18. The van der Waals surface area contributed by atoms with Gasteiger partial charge in [-0.25, -0.2) is 17.7 Å². The number of sulfonamides is 1. The molecule has 7 nitrogen and oxygen atoms in total. The lowest BCUT2D eigenvalue weighted by Crippen LogP contribution is -2.41. The van der Waals surface area contributed by atoms with Gasteiger partial charge in [-0.2, -0.15) is 0 Å². The minimum atomic E-state index is -3.28. The molecule has 3 rings (SSSR count).